The van der Waals surface area contributed by atoms with Crippen molar-refractivity contribution in [2.75, 3.05) is 44.8 Å². The molecule has 0 aromatic carbocycles. The van der Waals surface area contributed by atoms with Gasteiger partial charge in [-0.05, 0) is 6.07 Å². The summed E-state index contributed by atoms with van der Waals surface area (Å²) in [7, 11) is 0. The number of aromatic nitrogens is 3. The van der Waals surface area contributed by atoms with E-state index in [2.05, 4.69) is 15.3 Å². The zero-order valence-electron chi connectivity index (χ0n) is 20.4. The van der Waals surface area contributed by atoms with E-state index in [1.807, 2.05) is 23.2 Å². The number of H-pyrrole nitrogens is 1. The molecule has 2 amide bonds. The van der Waals surface area contributed by atoms with Gasteiger partial charge in [-0.15, -0.1) is 0 Å². The largest absolute Gasteiger partial charge is 0.493 e. The van der Waals surface area contributed by atoms with Crippen molar-refractivity contribution in [3.8, 4) is 17.0 Å². The molecule has 0 bridgehead atoms. The third-order valence-electron chi connectivity index (χ3n) is 7.25. The highest BCUT2D eigenvalue weighted by atomic mass is 16.6. The van der Waals surface area contributed by atoms with Gasteiger partial charge in [0.2, 0.25) is 11.8 Å². The third-order valence-corrected chi connectivity index (χ3v) is 7.25. The summed E-state index contributed by atoms with van der Waals surface area (Å²) in [4.78, 5) is 37.7. The van der Waals surface area contributed by atoms with Crippen LogP contribution in [0, 0.1) is 5.92 Å². The number of pyridine rings is 2. The molecular formula is C26H29N5O5. The molecule has 188 valence electrons. The third kappa shape index (κ3) is 4.00. The predicted molar refractivity (Wildman–Crippen MR) is 132 cm³/mol. The molecule has 1 unspecified atom stereocenters. The standard InChI is InChI=1S/C26H29N5O5/c1-15(32)29-24-7-19-20(9-27-22(19)10-28-24)21-8-23(35-13-17-11-31(12-17)16(2)33)18-3-5-36-26(25(18)30-21)4-6-34-14-26/h7-10,17,27H,3-6,11-14H2,1-2H3,(H,28,29,32). The van der Waals surface area contributed by atoms with Gasteiger partial charge >= 0.3 is 0 Å². The molecule has 0 aliphatic carbocycles. The Labute approximate surface area is 208 Å². The van der Waals surface area contributed by atoms with Crippen LogP contribution in [0.15, 0.2) is 24.5 Å². The topological polar surface area (TPSA) is 119 Å². The zero-order valence-corrected chi connectivity index (χ0v) is 20.4. The van der Waals surface area contributed by atoms with Crippen molar-refractivity contribution in [2.45, 2.75) is 32.3 Å². The molecule has 3 aliphatic heterocycles. The Bertz CT molecular complexity index is 1340. The molecule has 3 aliphatic rings. The van der Waals surface area contributed by atoms with Crippen molar-refractivity contribution < 1.29 is 23.8 Å². The van der Waals surface area contributed by atoms with E-state index < -0.39 is 5.60 Å². The number of amides is 2. The van der Waals surface area contributed by atoms with Gasteiger partial charge in [-0.3, -0.25) is 9.59 Å². The normalized spacial score (nSPS) is 21.4. The fraction of sp³-hybridized carbons (Fsp3) is 0.462. The van der Waals surface area contributed by atoms with Crippen molar-refractivity contribution in [3.63, 3.8) is 0 Å². The van der Waals surface area contributed by atoms with Crippen LogP contribution in [-0.2, 0) is 31.1 Å². The number of fused-ring (bicyclic) bond motifs is 3. The van der Waals surface area contributed by atoms with Crippen LogP contribution in [0.25, 0.3) is 22.2 Å². The minimum absolute atomic E-state index is 0.0996. The number of carbonyl (C=O) groups excluding carboxylic acids is 2. The van der Waals surface area contributed by atoms with Crippen molar-refractivity contribution in [1.29, 1.82) is 0 Å². The van der Waals surface area contributed by atoms with E-state index in [0.717, 1.165) is 58.7 Å². The number of aromatic amines is 1. The Hall–Kier alpha value is -3.50. The molecule has 10 nitrogen and oxygen atoms in total. The molecule has 0 radical (unpaired) electrons. The Morgan fingerprint density at radius 3 is 2.89 bits per heavy atom. The second-order valence-corrected chi connectivity index (χ2v) is 9.83. The minimum atomic E-state index is -0.571. The monoisotopic (exact) mass is 491 g/mol. The van der Waals surface area contributed by atoms with Gasteiger partial charge in [0.25, 0.3) is 0 Å². The molecule has 6 heterocycles. The molecule has 6 rings (SSSR count). The molecule has 2 N–H and O–H groups in total. The summed E-state index contributed by atoms with van der Waals surface area (Å²) in [6.45, 7) is 6.72. The van der Waals surface area contributed by atoms with Crippen LogP contribution in [0.4, 0.5) is 5.82 Å². The van der Waals surface area contributed by atoms with E-state index in [9.17, 15) is 9.59 Å². The van der Waals surface area contributed by atoms with E-state index in [1.165, 1.54) is 6.92 Å². The van der Waals surface area contributed by atoms with E-state index in [0.29, 0.717) is 44.6 Å². The van der Waals surface area contributed by atoms with Gasteiger partial charge in [-0.25, -0.2) is 9.97 Å². The summed E-state index contributed by atoms with van der Waals surface area (Å²) in [5.74, 6) is 1.51. The quantitative estimate of drug-likeness (QED) is 0.563. The van der Waals surface area contributed by atoms with E-state index in [4.69, 9.17) is 19.2 Å². The number of nitrogens with one attached hydrogen (secondary N) is 2. The van der Waals surface area contributed by atoms with Gasteiger partial charge in [0.1, 0.15) is 17.2 Å². The predicted octanol–water partition coefficient (Wildman–Crippen LogP) is 2.63. The lowest BCUT2D eigenvalue weighted by molar-refractivity contribution is -0.135. The lowest BCUT2D eigenvalue weighted by Gasteiger charge is -2.39. The summed E-state index contributed by atoms with van der Waals surface area (Å²) in [6, 6.07) is 3.84. The number of hydrogen-bond donors (Lipinski definition) is 2. The second-order valence-electron chi connectivity index (χ2n) is 9.83. The molecule has 3 aromatic rings. The molecule has 10 heteroatoms. The second kappa shape index (κ2) is 8.86. The first-order valence-corrected chi connectivity index (χ1v) is 12.3. The summed E-state index contributed by atoms with van der Waals surface area (Å²) < 4.78 is 18.4. The summed E-state index contributed by atoms with van der Waals surface area (Å²) in [6.07, 6.45) is 5.07. The van der Waals surface area contributed by atoms with Crippen LogP contribution in [0.5, 0.6) is 5.75 Å². The Morgan fingerprint density at radius 2 is 2.14 bits per heavy atom. The number of rotatable bonds is 5. The van der Waals surface area contributed by atoms with E-state index in [1.54, 1.807) is 13.1 Å². The van der Waals surface area contributed by atoms with Gasteiger partial charge in [-0.2, -0.15) is 0 Å². The molecular weight excluding hydrogens is 462 g/mol. The Balaban J connectivity index is 1.40. The smallest absolute Gasteiger partial charge is 0.222 e. The molecule has 0 saturated carbocycles. The lowest BCUT2D eigenvalue weighted by Crippen LogP contribution is -2.51. The number of anilines is 1. The average Bonchev–Trinajstić information content (AvgIpc) is 3.45. The van der Waals surface area contributed by atoms with Crippen molar-refractivity contribution in [2.24, 2.45) is 5.92 Å². The fourth-order valence-corrected chi connectivity index (χ4v) is 5.32. The number of carbonyl (C=O) groups is 2. The Morgan fingerprint density at radius 1 is 1.28 bits per heavy atom. The fourth-order valence-electron chi connectivity index (χ4n) is 5.32. The van der Waals surface area contributed by atoms with Crippen molar-refractivity contribution in [3.05, 3.63) is 35.8 Å². The van der Waals surface area contributed by atoms with Crippen LogP contribution >= 0.6 is 0 Å². The van der Waals surface area contributed by atoms with Gasteiger partial charge in [-0.1, -0.05) is 0 Å². The summed E-state index contributed by atoms with van der Waals surface area (Å²) in [5, 5.41) is 3.65. The highest BCUT2D eigenvalue weighted by molar-refractivity contribution is 5.97. The van der Waals surface area contributed by atoms with Gasteiger partial charge in [0.05, 0.1) is 42.9 Å². The first-order valence-electron chi connectivity index (χ1n) is 12.3. The molecule has 2 fully saturated rings. The molecule has 1 atom stereocenters. The Kier molecular flexibility index (Phi) is 5.65. The van der Waals surface area contributed by atoms with Crippen molar-refractivity contribution in [1.82, 2.24) is 19.9 Å². The summed E-state index contributed by atoms with van der Waals surface area (Å²) >= 11 is 0. The van der Waals surface area contributed by atoms with Gasteiger partial charge in [0.15, 0.2) is 0 Å². The van der Waals surface area contributed by atoms with Crippen LogP contribution in [0.1, 0.15) is 31.5 Å². The number of likely N-dealkylation sites (tertiary alicyclic amines) is 1. The SMILES string of the molecule is CC(=O)Nc1cc2c(-c3cc(OCC4CN(C(C)=O)C4)c4c(n3)C3(CCOC3)OCC4)c[nH]c2cn1. The van der Waals surface area contributed by atoms with Crippen LogP contribution in [0.3, 0.4) is 0 Å². The average molecular weight is 492 g/mol. The molecule has 2 saturated heterocycles. The lowest BCUT2D eigenvalue weighted by atomic mass is 9.89. The maximum Gasteiger partial charge on any atom is 0.222 e. The van der Waals surface area contributed by atoms with Gasteiger partial charge < -0.3 is 29.4 Å². The maximum atomic E-state index is 11.6. The number of nitrogens with zero attached hydrogens (tertiary/aromatic N) is 3. The highest BCUT2D eigenvalue weighted by Gasteiger charge is 2.44. The zero-order chi connectivity index (χ0) is 24.9. The van der Waals surface area contributed by atoms with Crippen molar-refractivity contribution >= 4 is 28.5 Å². The van der Waals surface area contributed by atoms with Crippen LogP contribution in [-0.4, -0.2) is 71.2 Å². The molecule has 36 heavy (non-hydrogen) atoms. The number of hydrogen-bond acceptors (Lipinski definition) is 7. The molecule has 3 aromatic heterocycles. The van der Waals surface area contributed by atoms with Gasteiger partial charge in [0, 0.05) is 81.1 Å². The van der Waals surface area contributed by atoms with E-state index in [-0.39, 0.29) is 11.8 Å². The van der Waals surface area contributed by atoms with E-state index >= 15 is 0 Å². The first-order chi connectivity index (χ1) is 17.4. The minimum Gasteiger partial charge on any atom is -0.493 e. The van der Waals surface area contributed by atoms with Crippen LogP contribution < -0.4 is 10.1 Å². The molecule has 1 spiro atoms. The first kappa shape index (κ1) is 22.9. The highest BCUT2D eigenvalue weighted by Crippen LogP contribution is 2.44. The maximum absolute atomic E-state index is 11.6. The summed E-state index contributed by atoms with van der Waals surface area (Å²) in [5.41, 5.74) is 3.86. The number of ether oxygens (including phenoxy) is 3. The van der Waals surface area contributed by atoms with Crippen LogP contribution in [0.2, 0.25) is 0 Å².